The molecule has 1 N–H and O–H groups in total. The summed E-state index contributed by atoms with van der Waals surface area (Å²) in [5.74, 6) is -0.514. The highest BCUT2D eigenvalue weighted by atomic mass is 32.2. The van der Waals surface area contributed by atoms with Crippen molar-refractivity contribution >= 4 is 46.3 Å². The van der Waals surface area contributed by atoms with Crippen molar-refractivity contribution in [2.24, 2.45) is 0 Å². The number of carbonyl (C=O) groups excluding carboxylic acids is 1. The number of nitrogens with zero attached hydrogens (tertiary/aromatic N) is 3. The molecule has 9 heteroatoms. The summed E-state index contributed by atoms with van der Waals surface area (Å²) in [6.45, 7) is 1.35. The monoisotopic (exact) mass is 451 g/mol. The van der Waals surface area contributed by atoms with Gasteiger partial charge in [-0.15, -0.1) is 0 Å². The Morgan fingerprint density at radius 2 is 1.81 bits per heavy atom. The smallest absolute Gasteiger partial charge is 0.323 e. The molecule has 7 nitrogen and oxygen atoms in total. The first-order chi connectivity index (χ1) is 14.9. The Morgan fingerprint density at radius 3 is 2.45 bits per heavy atom. The Balaban J connectivity index is 1.80. The van der Waals surface area contributed by atoms with E-state index in [0.29, 0.717) is 27.8 Å². The minimum absolute atomic E-state index is 0.206. The third kappa shape index (κ3) is 4.37. The number of para-hydroxylation sites is 2. The van der Waals surface area contributed by atoms with Crippen LogP contribution in [0, 0.1) is 6.92 Å². The highest BCUT2D eigenvalue weighted by molar-refractivity contribution is 8.26. The van der Waals surface area contributed by atoms with Crippen LogP contribution in [0.5, 0.6) is 11.6 Å². The number of thiocarbonyl (C=S) groups is 1. The van der Waals surface area contributed by atoms with Crippen molar-refractivity contribution in [3.05, 3.63) is 76.8 Å². The molecule has 3 aromatic rings. The minimum Gasteiger partial charge on any atom is -0.480 e. The van der Waals surface area contributed by atoms with E-state index in [4.69, 9.17) is 22.1 Å². The number of aryl methyl sites for hydroxylation is 1. The summed E-state index contributed by atoms with van der Waals surface area (Å²) in [7, 11) is 0. The minimum atomic E-state index is -1.13. The lowest BCUT2D eigenvalue weighted by atomic mass is 10.2. The van der Waals surface area contributed by atoms with Crippen LogP contribution in [0.2, 0.25) is 0 Å². The van der Waals surface area contributed by atoms with Crippen LogP contribution >= 0.6 is 24.0 Å². The van der Waals surface area contributed by atoms with E-state index >= 15 is 0 Å². The number of hydrogen-bond donors (Lipinski definition) is 1. The van der Waals surface area contributed by atoms with Crippen LogP contribution in [-0.2, 0) is 9.59 Å². The van der Waals surface area contributed by atoms with Gasteiger partial charge in [0.05, 0.1) is 21.8 Å². The molecule has 1 aromatic heterocycles. The van der Waals surface area contributed by atoms with Crippen molar-refractivity contribution in [1.29, 1.82) is 0 Å². The molecule has 1 aliphatic rings. The first kappa shape index (κ1) is 20.8. The SMILES string of the molecule is Cc1nn(-c2ccccc2)c(Oc2ccccc2)c1/C=C1\SC(=S)N(CC(=O)O)C1=O. The number of carboxylic acids is 1. The maximum atomic E-state index is 12.7. The molecule has 0 bridgehead atoms. The fourth-order valence-corrected chi connectivity index (χ4v) is 4.27. The molecule has 1 fully saturated rings. The maximum absolute atomic E-state index is 12.7. The molecule has 4 rings (SSSR count). The van der Waals surface area contributed by atoms with Gasteiger partial charge in [-0.05, 0) is 37.3 Å². The Kier molecular flexibility index (Phi) is 5.88. The van der Waals surface area contributed by atoms with Gasteiger partial charge >= 0.3 is 5.97 Å². The summed E-state index contributed by atoms with van der Waals surface area (Å²) in [5.41, 5.74) is 2.07. The second-order valence-electron chi connectivity index (χ2n) is 6.63. The Labute approximate surface area is 187 Å². The van der Waals surface area contributed by atoms with Gasteiger partial charge in [-0.25, -0.2) is 0 Å². The number of carbonyl (C=O) groups is 2. The van der Waals surface area contributed by atoms with Gasteiger partial charge in [0.1, 0.15) is 16.6 Å². The third-order valence-corrected chi connectivity index (χ3v) is 5.84. The molecular weight excluding hydrogens is 434 g/mol. The van der Waals surface area contributed by atoms with E-state index in [0.717, 1.165) is 22.3 Å². The largest absolute Gasteiger partial charge is 0.480 e. The van der Waals surface area contributed by atoms with Crippen molar-refractivity contribution < 1.29 is 19.4 Å². The van der Waals surface area contributed by atoms with Crippen molar-refractivity contribution in [1.82, 2.24) is 14.7 Å². The van der Waals surface area contributed by atoms with Gasteiger partial charge in [0, 0.05) is 0 Å². The van der Waals surface area contributed by atoms with E-state index < -0.39 is 18.4 Å². The number of aromatic nitrogens is 2. The number of hydrogen-bond acceptors (Lipinski definition) is 6. The second-order valence-corrected chi connectivity index (χ2v) is 8.30. The highest BCUT2D eigenvalue weighted by Gasteiger charge is 2.34. The van der Waals surface area contributed by atoms with Crippen LogP contribution < -0.4 is 4.74 Å². The number of aliphatic carboxylic acids is 1. The zero-order valence-electron chi connectivity index (χ0n) is 16.4. The van der Waals surface area contributed by atoms with Gasteiger partial charge in [-0.3, -0.25) is 14.5 Å². The van der Waals surface area contributed by atoms with Crippen LogP contribution in [0.25, 0.3) is 11.8 Å². The van der Waals surface area contributed by atoms with Crippen LogP contribution in [-0.4, -0.2) is 42.5 Å². The molecule has 0 atom stereocenters. The van der Waals surface area contributed by atoms with E-state index in [-0.39, 0.29) is 4.32 Å². The van der Waals surface area contributed by atoms with E-state index in [1.807, 2.05) is 67.6 Å². The summed E-state index contributed by atoms with van der Waals surface area (Å²) in [6.07, 6.45) is 1.65. The molecule has 2 heterocycles. The average Bonchev–Trinajstić information content (AvgIpc) is 3.20. The number of carboxylic acid groups (broad SMARTS) is 1. The summed E-state index contributed by atoms with van der Waals surface area (Å²) in [4.78, 5) is 25.2. The quantitative estimate of drug-likeness (QED) is 0.443. The lowest BCUT2D eigenvalue weighted by Crippen LogP contribution is -2.33. The highest BCUT2D eigenvalue weighted by Crippen LogP contribution is 2.37. The molecule has 1 amide bonds. The van der Waals surface area contributed by atoms with Crippen LogP contribution in [0.15, 0.2) is 65.6 Å². The van der Waals surface area contributed by atoms with Crippen molar-refractivity contribution in [3.63, 3.8) is 0 Å². The maximum Gasteiger partial charge on any atom is 0.323 e. The predicted octanol–water partition coefficient (Wildman–Crippen LogP) is 4.26. The molecular formula is C22H17N3O4S2. The summed E-state index contributed by atoms with van der Waals surface area (Å²) in [6, 6.07) is 18.8. The van der Waals surface area contributed by atoms with E-state index in [9.17, 15) is 9.59 Å². The lowest BCUT2D eigenvalue weighted by molar-refractivity contribution is -0.140. The average molecular weight is 452 g/mol. The van der Waals surface area contributed by atoms with Crippen LogP contribution in [0.1, 0.15) is 11.3 Å². The predicted molar refractivity (Wildman–Crippen MR) is 122 cm³/mol. The zero-order valence-corrected chi connectivity index (χ0v) is 18.0. The van der Waals surface area contributed by atoms with Crippen molar-refractivity contribution in [3.8, 4) is 17.3 Å². The first-order valence-electron chi connectivity index (χ1n) is 9.29. The number of amides is 1. The van der Waals surface area contributed by atoms with Gasteiger partial charge in [-0.1, -0.05) is 60.4 Å². The van der Waals surface area contributed by atoms with Gasteiger partial charge in [0.2, 0.25) is 5.88 Å². The first-order valence-corrected chi connectivity index (χ1v) is 10.5. The molecule has 1 saturated heterocycles. The Morgan fingerprint density at radius 1 is 1.16 bits per heavy atom. The number of rotatable bonds is 6. The van der Waals surface area contributed by atoms with Crippen LogP contribution in [0.3, 0.4) is 0 Å². The van der Waals surface area contributed by atoms with Gasteiger partial charge in [-0.2, -0.15) is 9.78 Å². The Hall–Kier alpha value is -3.43. The van der Waals surface area contributed by atoms with Gasteiger partial charge in [0.25, 0.3) is 5.91 Å². The molecule has 0 saturated carbocycles. The Bertz CT molecular complexity index is 1190. The van der Waals surface area contributed by atoms with Crippen molar-refractivity contribution in [2.45, 2.75) is 6.92 Å². The second kappa shape index (κ2) is 8.75. The van der Waals surface area contributed by atoms with E-state index in [2.05, 4.69) is 5.10 Å². The number of benzene rings is 2. The number of ether oxygens (including phenoxy) is 1. The molecule has 0 unspecified atom stereocenters. The van der Waals surface area contributed by atoms with E-state index in [1.165, 1.54) is 0 Å². The molecule has 1 aliphatic heterocycles. The summed E-state index contributed by atoms with van der Waals surface area (Å²) < 4.78 is 8.05. The third-order valence-electron chi connectivity index (χ3n) is 4.46. The van der Waals surface area contributed by atoms with Crippen molar-refractivity contribution in [2.75, 3.05) is 6.54 Å². The summed E-state index contributed by atoms with van der Waals surface area (Å²) in [5, 5.41) is 13.7. The van der Waals surface area contributed by atoms with Gasteiger partial charge < -0.3 is 9.84 Å². The van der Waals surface area contributed by atoms with Gasteiger partial charge in [0.15, 0.2) is 0 Å². The number of thioether (sulfide) groups is 1. The molecule has 2 aromatic carbocycles. The van der Waals surface area contributed by atoms with E-state index in [1.54, 1.807) is 10.8 Å². The molecule has 0 aliphatic carbocycles. The summed E-state index contributed by atoms with van der Waals surface area (Å²) >= 11 is 6.25. The zero-order chi connectivity index (χ0) is 22.0. The molecule has 0 radical (unpaired) electrons. The fourth-order valence-electron chi connectivity index (χ4n) is 3.03. The standard InChI is InChI=1S/C22H17N3O4S2/c1-14-17(12-18-20(28)24(13-19(26)27)22(30)31-18)21(29-16-10-6-3-7-11-16)25(23-14)15-8-4-2-5-9-15/h2-12H,13H2,1H3,(H,26,27)/b18-12-. The van der Waals surface area contributed by atoms with Crippen LogP contribution in [0.4, 0.5) is 0 Å². The molecule has 156 valence electrons. The molecule has 31 heavy (non-hydrogen) atoms. The topological polar surface area (TPSA) is 84.7 Å². The fraction of sp³-hybridized carbons (Fsp3) is 0.0909. The molecule has 0 spiro atoms. The lowest BCUT2D eigenvalue weighted by Gasteiger charge is -2.11. The normalized spacial score (nSPS) is 15.0.